The molecule has 9 heteroatoms. The summed E-state index contributed by atoms with van der Waals surface area (Å²) in [5.74, 6) is 1.07. The molecule has 0 unspecified atom stereocenters. The van der Waals surface area contributed by atoms with Gasteiger partial charge in [0.25, 0.3) is 11.4 Å². The van der Waals surface area contributed by atoms with Gasteiger partial charge in [-0.15, -0.1) is 21.5 Å². The van der Waals surface area contributed by atoms with E-state index in [9.17, 15) is 4.79 Å². The fourth-order valence-electron chi connectivity index (χ4n) is 2.98. The zero-order valence-electron chi connectivity index (χ0n) is 15.2. The minimum Gasteiger partial charge on any atom is -0.419 e. The highest BCUT2D eigenvalue weighted by atomic mass is 35.5. The van der Waals surface area contributed by atoms with Gasteiger partial charge in [0.05, 0.1) is 22.1 Å². The van der Waals surface area contributed by atoms with Crippen LogP contribution in [0.15, 0.2) is 51.1 Å². The molecule has 0 saturated heterocycles. The molecule has 28 heavy (non-hydrogen) atoms. The van der Waals surface area contributed by atoms with Crippen molar-refractivity contribution in [1.82, 2.24) is 24.5 Å². The van der Waals surface area contributed by atoms with E-state index in [0.717, 1.165) is 17.8 Å². The van der Waals surface area contributed by atoms with Gasteiger partial charge in [-0.3, -0.25) is 14.1 Å². The van der Waals surface area contributed by atoms with Crippen molar-refractivity contribution in [2.75, 3.05) is 6.54 Å². The molecule has 0 saturated carbocycles. The van der Waals surface area contributed by atoms with Crippen molar-refractivity contribution < 1.29 is 4.42 Å². The topological polar surface area (TPSA) is 76.5 Å². The Balaban J connectivity index is 1.55. The van der Waals surface area contributed by atoms with Gasteiger partial charge in [0.1, 0.15) is 5.65 Å². The normalized spacial score (nSPS) is 11.5. The highest BCUT2D eigenvalue weighted by Gasteiger charge is 2.15. The van der Waals surface area contributed by atoms with Gasteiger partial charge in [0.15, 0.2) is 0 Å². The van der Waals surface area contributed by atoms with Gasteiger partial charge in [0.2, 0.25) is 5.89 Å². The van der Waals surface area contributed by atoms with Gasteiger partial charge in [-0.1, -0.05) is 24.6 Å². The largest absolute Gasteiger partial charge is 0.419 e. The van der Waals surface area contributed by atoms with E-state index in [1.165, 1.54) is 10.5 Å². The molecule has 0 aliphatic carbocycles. The molecule has 0 aromatic carbocycles. The number of aromatic nitrogens is 4. The lowest BCUT2D eigenvalue weighted by Gasteiger charge is -2.19. The molecule has 4 rings (SSSR count). The Morgan fingerprint density at radius 3 is 2.93 bits per heavy atom. The molecule has 0 spiro atoms. The average Bonchev–Trinajstić information content (AvgIpc) is 3.34. The van der Waals surface area contributed by atoms with E-state index < -0.39 is 0 Å². The summed E-state index contributed by atoms with van der Waals surface area (Å²) in [7, 11) is 0. The van der Waals surface area contributed by atoms with Crippen LogP contribution in [0.25, 0.3) is 16.4 Å². The number of rotatable bonds is 7. The van der Waals surface area contributed by atoms with Crippen LogP contribution in [0, 0.1) is 0 Å². The summed E-state index contributed by atoms with van der Waals surface area (Å²) >= 11 is 7.53. The molecule has 4 heterocycles. The van der Waals surface area contributed by atoms with Crippen molar-refractivity contribution in [3.63, 3.8) is 0 Å². The molecular weight excluding hydrogens is 398 g/mol. The van der Waals surface area contributed by atoms with E-state index in [1.807, 2.05) is 17.5 Å². The van der Waals surface area contributed by atoms with E-state index in [-0.39, 0.29) is 5.56 Å². The van der Waals surface area contributed by atoms with Crippen LogP contribution in [-0.2, 0) is 13.1 Å². The maximum absolute atomic E-state index is 12.4. The van der Waals surface area contributed by atoms with Crippen LogP contribution in [0.2, 0.25) is 5.02 Å². The van der Waals surface area contributed by atoms with Crippen LogP contribution < -0.4 is 5.56 Å². The molecule has 7 nitrogen and oxygen atoms in total. The average molecular weight is 416 g/mol. The first-order valence-electron chi connectivity index (χ1n) is 8.89. The van der Waals surface area contributed by atoms with Crippen molar-refractivity contribution in [3.05, 3.63) is 68.9 Å². The van der Waals surface area contributed by atoms with E-state index in [1.54, 1.807) is 29.7 Å². The van der Waals surface area contributed by atoms with Gasteiger partial charge in [0, 0.05) is 18.8 Å². The molecular formula is C19H18ClN5O2S. The third-order valence-corrected chi connectivity index (χ3v) is 5.24. The Morgan fingerprint density at radius 1 is 1.25 bits per heavy atom. The zero-order chi connectivity index (χ0) is 19.5. The van der Waals surface area contributed by atoms with Crippen LogP contribution in [0.3, 0.4) is 0 Å². The van der Waals surface area contributed by atoms with E-state index in [2.05, 4.69) is 27.0 Å². The summed E-state index contributed by atoms with van der Waals surface area (Å²) in [6.45, 7) is 3.92. The number of hydrogen-bond acceptors (Lipinski definition) is 7. The summed E-state index contributed by atoms with van der Waals surface area (Å²) in [5.41, 5.74) is 1.11. The Hall–Kier alpha value is -2.55. The van der Waals surface area contributed by atoms with Crippen molar-refractivity contribution in [2.45, 2.75) is 26.4 Å². The Morgan fingerprint density at radius 2 is 2.14 bits per heavy atom. The molecule has 0 fully saturated rings. The van der Waals surface area contributed by atoms with Crippen LogP contribution in [0.4, 0.5) is 0 Å². The Labute approximate surface area is 170 Å². The summed E-state index contributed by atoms with van der Waals surface area (Å²) < 4.78 is 7.24. The van der Waals surface area contributed by atoms with Crippen molar-refractivity contribution >= 4 is 28.6 Å². The number of pyridine rings is 1. The highest BCUT2D eigenvalue weighted by molar-refractivity contribution is 7.13. The standard InChI is InChI=1S/C19H18ClN5O2S/c1-2-7-24(12-17-22-23-19(27-17)15-4-3-8-28-15)11-14-9-18(26)25-10-13(20)5-6-16(25)21-14/h3-6,8-10H,2,7,11-12H2,1H3. The van der Waals surface area contributed by atoms with Gasteiger partial charge < -0.3 is 4.42 Å². The smallest absolute Gasteiger partial charge is 0.258 e. The van der Waals surface area contributed by atoms with E-state index in [0.29, 0.717) is 41.2 Å². The summed E-state index contributed by atoms with van der Waals surface area (Å²) in [6.07, 6.45) is 2.53. The first-order chi connectivity index (χ1) is 13.6. The van der Waals surface area contributed by atoms with Gasteiger partial charge in [-0.2, -0.15) is 0 Å². The fourth-order valence-corrected chi connectivity index (χ4v) is 3.78. The van der Waals surface area contributed by atoms with E-state index >= 15 is 0 Å². The number of nitrogens with zero attached hydrogens (tertiary/aromatic N) is 5. The minimum absolute atomic E-state index is 0.156. The minimum atomic E-state index is -0.156. The summed E-state index contributed by atoms with van der Waals surface area (Å²) in [5, 5.41) is 10.8. The van der Waals surface area contributed by atoms with E-state index in [4.69, 9.17) is 16.0 Å². The second-order valence-corrected chi connectivity index (χ2v) is 7.73. The van der Waals surface area contributed by atoms with Crippen LogP contribution in [0.5, 0.6) is 0 Å². The molecule has 0 atom stereocenters. The van der Waals surface area contributed by atoms with Crippen molar-refractivity contribution in [3.8, 4) is 10.8 Å². The molecule has 0 radical (unpaired) electrons. The lowest BCUT2D eigenvalue weighted by atomic mass is 10.3. The SMILES string of the molecule is CCCN(Cc1cc(=O)n2cc(Cl)ccc2n1)Cc1nnc(-c2cccs2)o1. The molecule has 0 aliphatic rings. The molecule has 4 aromatic rings. The molecule has 0 aliphatic heterocycles. The second kappa shape index (κ2) is 8.22. The zero-order valence-corrected chi connectivity index (χ0v) is 16.8. The molecule has 4 aromatic heterocycles. The summed E-state index contributed by atoms with van der Waals surface area (Å²) in [4.78, 5) is 20.1. The van der Waals surface area contributed by atoms with Crippen molar-refractivity contribution in [2.24, 2.45) is 0 Å². The van der Waals surface area contributed by atoms with Gasteiger partial charge in [-0.05, 0) is 36.5 Å². The van der Waals surface area contributed by atoms with Crippen LogP contribution >= 0.6 is 22.9 Å². The molecule has 0 amide bonds. The highest BCUT2D eigenvalue weighted by Crippen LogP contribution is 2.23. The maximum atomic E-state index is 12.4. The van der Waals surface area contributed by atoms with Crippen LogP contribution in [0.1, 0.15) is 24.9 Å². The quantitative estimate of drug-likeness (QED) is 0.456. The predicted octanol–water partition coefficient (Wildman–Crippen LogP) is 3.87. The lowest BCUT2D eigenvalue weighted by molar-refractivity contribution is 0.229. The molecule has 0 N–H and O–H groups in total. The fraction of sp³-hybridized carbons (Fsp3) is 0.263. The lowest BCUT2D eigenvalue weighted by Crippen LogP contribution is -2.26. The Bertz CT molecular complexity index is 1140. The van der Waals surface area contributed by atoms with Gasteiger partial charge in [-0.25, -0.2) is 4.98 Å². The third-order valence-electron chi connectivity index (χ3n) is 4.16. The predicted molar refractivity (Wildman–Crippen MR) is 108 cm³/mol. The van der Waals surface area contributed by atoms with Crippen LogP contribution in [-0.4, -0.2) is 31.0 Å². The molecule has 0 bridgehead atoms. The maximum Gasteiger partial charge on any atom is 0.258 e. The Kier molecular flexibility index (Phi) is 5.52. The first-order valence-corrected chi connectivity index (χ1v) is 10.1. The molecule has 144 valence electrons. The van der Waals surface area contributed by atoms with Gasteiger partial charge >= 0.3 is 0 Å². The monoisotopic (exact) mass is 415 g/mol. The third kappa shape index (κ3) is 4.14. The number of thiophene rings is 1. The second-order valence-electron chi connectivity index (χ2n) is 6.35. The number of hydrogen-bond donors (Lipinski definition) is 0. The summed E-state index contributed by atoms with van der Waals surface area (Å²) in [6, 6.07) is 8.90. The van der Waals surface area contributed by atoms with Crippen molar-refractivity contribution in [1.29, 1.82) is 0 Å². The first kappa shape index (κ1) is 18.8. The number of fused-ring (bicyclic) bond motifs is 1. The number of halogens is 1.